The van der Waals surface area contributed by atoms with Crippen LogP contribution in [0.1, 0.15) is 50.2 Å². The number of Topliss-reactive ketones (excluding diaryl/α,β-unsaturated/α-hetero) is 1. The molecule has 0 spiro atoms. The molecule has 0 fully saturated rings. The molecule has 2 heterocycles. The fraction of sp³-hybridized carbons (Fsp3) is 0.308. The molecule has 1 aromatic heterocycles. The second kappa shape index (κ2) is 9.48. The summed E-state index contributed by atoms with van der Waals surface area (Å²) >= 11 is 9.11. The number of aromatic nitrogens is 2. The number of rotatable bonds is 5. The number of hydrogen-bond acceptors (Lipinski definition) is 6. The number of thioether (sulfide) groups is 1. The third-order valence-electron chi connectivity index (χ3n) is 6.31. The van der Waals surface area contributed by atoms with E-state index in [0.717, 1.165) is 15.5 Å². The molecule has 5 rings (SSSR count). The van der Waals surface area contributed by atoms with Gasteiger partial charge < -0.3 is 0 Å². The first kappa shape index (κ1) is 24.2. The van der Waals surface area contributed by atoms with Gasteiger partial charge in [0.2, 0.25) is 11.0 Å². The van der Waals surface area contributed by atoms with Crippen LogP contribution in [-0.2, 0) is 15.3 Å². The Kier molecular flexibility index (Phi) is 6.55. The van der Waals surface area contributed by atoms with Crippen LogP contribution in [-0.4, -0.2) is 21.9 Å². The Bertz CT molecular complexity index is 1340. The molecule has 9 heteroatoms. The Morgan fingerprint density at radius 3 is 2.60 bits per heavy atom. The van der Waals surface area contributed by atoms with E-state index in [4.69, 9.17) is 11.6 Å². The monoisotopic (exact) mass is 527 g/mol. The molecule has 180 valence electrons. The minimum absolute atomic E-state index is 0.0286. The van der Waals surface area contributed by atoms with E-state index in [1.165, 1.54) is 35.2 Å². The fourth-order valence-electron chi connectivity index (χ4n) is 4.72. The quantitative estimate of drug-likeness (QED) is 0.270. The highest BCUT2D eigenvalue weighted by molar-refractivity contribution is 8.00. The summed E-state index contributed by atoms with van der Waals surface area (Å²) < 4.78 is 14.3. The first-order valence-electron chi connectivity index (χ1n) is 11.3. The molecule has 2 aliphatic rings. The van der Waals surface area contributed by atoms with Crippen molar-refractivity contribution in [2.45, 2.75) is 49.1 Å². The van der Waals surface area contributed by atoms with Gasteiger partial charge in [0.1, 0.15) is 5.82 Å². The lowest BCUT2D eigenvalue weighted by atomic mass is 9.69. The maximum atomic E-state index is 13.5. The number of benzene rings is 2. The van der Waals surface area contributed by atoms with Crippen LogP contribution in [0.5, 0.6) is 0 Å². The maximum Gasteiger partial charge on any atom is 0.234 e. The summed E-state index contributed by atoms with van der Waals surface area (Å²) in [6.45, 7) is 4.06. The van der Waals surface area contributed by atoms with Crippen LogP contribution in [0.2, 0.25) is 5.02 Å². The van der Waals surface area contributed by atoms with Crippen LogP contribution in [0, 0.1) is 11.2 Å². The van der Waals surface area contributed by atoms with E-state index < -0.39 is 0 Å². The zero-order valence-corrected chi connectivity index (χ0v) is 21.6. The molecule has 35 heavy (non-hydrogen) atoms. The van der Waals surface area contributed by atoms with E-state index in [0.29, 0.717) is 40.0 Å². The van der Waals surface area contributed by atoms with E-state index in [2.05, 4.69) is 10.2 Å². The Morgan fingerprint density at radius 1 is 1.11 bits per heavy atom. The lowest BCUT2D eigenvalue weighted by Gasteiger charge is -2.41. The van der Waals surface area contributed by atoms with Gasteiger partial charge in [-0.15, -0.1) is 10.2 Å². The summed E-state index contributed by atoms with van der Waals surface area (Å²) in [5.41, 5.74) is 2.81. The number of carbonyl (C=O) groups excluding carboxylic acids is 2. The molecule has 0 saturated carbocycles. The number of carbonyl (C=O) groups is 2. The molecule has 1 aliphatic heterocycles. The molecule has 1 aliphatic carbocycles. The molecular weight excluding hydrogens is 505 g/mol. The van der Waals surface area contributed by atoms with Crippen LogP contribution in [0.15, 0.2) is 64.1 Å². The van der Waals surface area contributed by atoms with Crippen molar-refractivity contribution in [2.24, 2.45) is 5.41 Å². The zero-order valence-electron chi connectivity index (χ0n) is 19.3. The summed E-state index contributed by atoms with van der Waals surface area (Å²) in [4.78, 5) is 28.4. The molecule has 0 saturated heterocycles. The van der Waals surface area contributed by atoms with Gasteiger partial charge in [0.25, 0.3) is 0 Å². The van der Waals surface area contributed by atoms with Gasteiger partial charge >= 0.3 is 0 Å². The topological polar surface area (TPSA) is 63.2 Å². The van der Waals surface area contributed by atoms with Crippen molar-refractivity contribution >= 4 is 51.5 Å². The highest BCUT2D eigenvalue weighted by Crippen LogP contribution is 2.48. The maximum absolute atomic E-state index is 13.5. The summed E-state index contributed by atoms with van der Waals surface area (Å²) in [5, 5.41) is 9.78. The van der Waals surface area contributed by atoms with Crippen molar-refractivity contribution < 1.29 is 14.0 Å². The third kappa shape index (κ3) is 4.92. The Hall–Kier alpha value is -2.55. The van der Waals surface area contributed by atoms with Gasteiger partial charge in [0.15, 0.2) is 10.1 Å². The summed E-state index contributed by atoms with van der Waals surface area (Å²) in [6, 6.07) is 13.7. The van der Waals surface area contributed by atoms with Crippen LogP contribution in [0.25, 0.3) is 0 Å². The van der Waals surface area contributed by atoms with E-state index in [9.17, 15) is 14.0 Å². The van der Waals surface area contributed by atoms with Crippen molar-refractivity contribution in [1.82, 2.24) is 10.2 Å². The van der Waals surface area contributed by atoms with E-state index in [-0.39, 0.29) is 35.3 Å². The molecule has 1 atom stereocenters. The minimum Gasteiger partial charge on any atom is -0.294 e. The van der Waals surface area contributed by atoms with Gasteiger partial charge in [-0.25, -0.2) is 4.39 Å². The second-order valence-electron chi connectivity index (χ2n) is 9.57. The molecule has 5 nitrogen and oxygen atoms in total. The first-order valence-corrected chi connectivity index (χ1v) is 13.4. The predicted octanol–water partition coefficient (Wildman–Crippen LogP) is 6.79. The van der Waals surface area contributed by atoms with E-state index in [1.54, 1.807) is 17.0 Å². The zero-order chi connectivity index (χ0) is 24.7. The van der Waals surface area contributed by atoms with Crippen molar-refractivity contribution in [3.63, 3.8) is 0 Å². The Morgan fingerprint density at radius 2 is 1.86 bits per heavy atom. The largest absolute Gasteiger partial charge is 0.294 e. The molecule has 3 aromatic rings. The van der Waals surface area contributed by atoms with Crippen LogP contribution in [0.3, 0.4) is 0 Å². The minimum atomic E-state index is -0.389. The van der Waals surface area contributed by atoms with Gasteiger partial charge in [0, 0.05) is 40.8 Å². The number of halogens is 2. The standard InChI is InChI=1S/C26H23ClFN3O2S2/c1-26(2)12-20-23(21(32)13-26)18(15-7-9-17(28)10-8-15)11-22(33)31(20)24-29-30-25(35-24)34-14-16-5-3-4-6-19(16)27/h3-10,18H,11-14H2,1-2H3/t18-/m0/s1. The smallest absolute Gasteiger partial charge is 0.234 e. The molecule has 1 amide bonds. The number of ketones is 1. The Labute approximate surface area is 216 Å². The van der Waals surface area contributed by atoms with Crippen LogP contribution < -0.4 is 4.90 Å². The number of amides is 1. The van der Waals surface area contributed by atoms with Crippen molar-refractivity contribution in [1.29, 1.82) is 0 Å². The lowest BCUT2D eigenvalue weighted by molar-refractivity contribution is -0.121. The van der Waals surface area contributed by atoms with Crippen LogP contribution in [0.4, 0.5) is 9.52 Å². The molecule has 0 bridgehead atoms. The van der Waals surface area contributed by atoms with Crippen molar-refractivity contribution in [2.75, 3.05) is 4.90 Å². The van der Waals surface area contributed by atoms with Gasteiger partial charge in [0.05, 0.1) is 0 Å². The summed E-state index contributed by atoms with van der Waals surface area (Å²) in [5.74, 6) is -0.212. The third-order valence-corrected chi connectivity index (χ3v) is 8.77. The van der Waals surface area contributed by atoms with Gasteiger partial charge in [-0.2, -0.15) is 0 Å². The predicted molar refractivity (Wildman–Crippen MR) is 137 cm³/mol. The highest BCUT2D eigenvalue weighted by Gasteiger charge is 2.45. The number of anilines is 1. The van der Waals surface area contributed by atoms with Crippen molar-refractivity contribution in [3.8, 4) is 0 Å². The first-order chi connectivity index (χ1) is 16.7. The van der Waals surface area contributed by atoms with E-state index >= 15 is 0 Å². The van der Waals surface area contributed by atoms with Gasteiger partial charge in [-0.1, -0.05) is 78.9 Å². The molecular formula is C26H23ClFN3O2S2. The normalized spacial score (nSPS) is 19.8. The second-order valence-corrected chi connectivity index (χ2v) is 12.2. The van der Waals surface area contributed by atoms with Gasteiger partial charge in [-0.3, -0.25) is 14.5 Å². The average molecular weight is 528 g/mol. The average Bonchev–Trinajstić information content (AvgIpc) is 3.26. The summed E-state index contributed by atoms with van der Waals surface area (Å²) in [6.07, 6.45) is 1.10. The Balaban J connectivity index is 1.49. The number of nitrogens with zero attached hydrogens (tertiary/aromatic N) is 3. The lowest BCUT2D eigenvalue weighted by Crippen LogP contribution is -2.43. The molecule has 0 radical (unpaired) electrons. The summed E-state index contributed by atoms with van der Waals surface area (Å²) in [7, 11) is 0. The molecule has 0 unspecified atom stereocenters. The fourth-order valence-corrected chi connectivity index (χ4v) is 6.89. The van der Waals surface area contributed by atoms with Crippen molar-refractivity contribution in [3.05, 3.63) is 81.8 Å². The number of allylic oxidation sites excluding steroid dienone is 2. The van der Waals surface area contributed by atoms with Gasteiger partial charge in [-0.05, 0) is 41.2 Å². The molecule has 2 aromatic carbocycles. The number of hydrogen-bond donors (Lipinski definition) is 0. The molecule has 0 N–H and O–H groups in total. The van der Waals surface area contributed by atoms with Crippen LogP contribution >= 0.6 is 34.7 Å². The highest BCUT2D eigenvalue weighted by atomic mass is 35.5. The van der Waals surface area contributed by atoms with E-state index in [1.807, 2.05) is 38.1 Å². The SMILES string of the molecule is CC1(C)CC(=O)C2=C(C1)N(c1nnc(SCc3ccccc3Cl)s1)C(=O)C[C@H]2c1ccc(F)cc1.